The molecule has 0 heteroatoms. The van der Waals surface area contributed by atoms with E-state index in [1.807, 2.05) is 0 Å². The molecule has 54 heavy (non-hydrogen) atoms. The van der Waals surface area contributed by atoms with E-state index in [0.29, 0.717) is 0 Å². The first-order valence-electron chi connectivity index (χ1n) is 19.1. The molecule has 11 rings (SSSR count). The summed E-state index contributed by atoms with van der Waals surface area (Å²) in [5.74, 6) is 0. The molecule has 0 nitrogen and oxygen atoms in total. The number of benzene rings is 7. The summed E-state index contributed by atoms with van der Waals surface area (Å²) in [5.41, 5.74) is 26.0. The van der Waals surface area contributed by atoms with E-state index in [1.54, 1.807) is 0 Å². The Morgan fingerprint density at radius 2 is 0.648 bits per heavy atom. The summed E-state index contributed by atoms with van der Waals surface area (Å²) in [7, 11) is 0. The summed E-state index contributed by atoms with van der Waals surface area (Å²) in [6.07, 6.45) is 11.3. The van der Waals surface area contributed by atoms with Crippen LogP contribution in [0.1, 0.15) is 55.6 Å². The second kappa shape index (κ2) is 12.4. The molecule has 7 aromatic rings. The Hall–Kier alpha value is -6.76. The van der Waals surface area contributed by atoms with Gasteiger partial charge >= 0.3 is 0 Å². The van der Waals surface area contributed by atoms with Gasteiger partial charge in [-0.25, -0.2) is 0 Å². The van der Waals surface area contributed by atoms with Gasteiger partial charge in [0.2, 0.25) is 0 Å². The Balaban J connectivity index is 1.34. The molecular weight excluding hydrogens is 649 g/mol. The smallest absolute Gasteiger partial charge is 0.000115 e. The van der Waals surface area contributed by atoms with Gasteiger partial charge in [-0.15, -0.1) is 0 Å². The molecule has 0 heterocycles. The molecule has 252 valence electrons. The lowest BCUT2D eigenvalue weighted by molar-refractivity contribution is 1.30. The third-order valence-electron chi connectivity index (χ3n) is 11.7. The Morgan fingerprint density at radius 1 is 0.259 bits per heavy atom. The number of fused-ring (bicyclic) bond motifs is 5. The molecule has 0 spiro atoms. The van der Waals surface area contributed by atoms with Crippen LogP contribution < -0.4 is 0 Å². The van der Waals surface area contributed by atoms with Crippen LogP contribution in [0.3, 0.4) is 0 Å². The number of hydrogen-bond acceptors (Lipinski definition) is 0. The predicted molar refractivity (Wildman–Crippen MR) is 228 cm³/mol. The van der Waals surface area contributed by atoms with Gasteiger partial charge in [0.25, 0.3) is 0 Å². The predicted octanol–water partition coefficient (Wildman–Crippen LogP) is 13.5. The Bertz CT molecular complexity index is 2810. The maximum Gasteiger partial charge on any atom is -0.000115 e. The fourth-order valence-electron chi connectivity index (χ4n) is 9.36. The van der Waals surface area contributed by atoms with Crippen molar-refractivity contribution in [3.05, 3.63) is 243 Å². The van der Waals surface area contributed by atoms with Gasteiger partial charge in [-0.05, 0) is 136 Å². The zero-order valence-electron chi connectivity index (χ0n) is 29.9. The molecule has 0 unspecified atom stereocenters. The lowest BCUT2D eigenvalue weighted by Crippen LogP contribution is -2.00. The van der Waals surface area contributed by atoms with Crippen molar-refractivity contribution in [1.29, 1.82) is 0 Å². The van der Waals surface area contributed by atoms with Gasteiger partial charge in [-0.3, -0.25) is 0 Å². The van der Waals surface area contributed by atoms with E-state index >= 15 is 0 Å². The molecule has 0 fully saturated rings. The third kappa shape index (κ3) is 4.70. The molecule has 0 aromatic heterocycles. The minimum atomic E-state index is 0.965. The molecule has 0 atom stereocenters. The molecule has 4 aliphatic carbocycles. The van der Waals surface area contributed by atoms with Gasteiger partial charge < -0.3 is 0 Å². The number of allylic oxidation sites excluding steroid dienone is 7. The molecule has 0 bridgehead atoms. The maximum atomic E-state index is 2.51. The lowest BCUT2D eigenvalue weighted by Gasteiger charge is -2.21. The third-order valence-corrected chi connectivity index (χ3v) is 11.7. The quantitative estimate of drug-likeness (QED) is 0.164. The largest absolute Gasteiger partial charge is 0.0795 e. The number of hydrogen-bond donors (Lipinski definition) is 0. The molecule has 4 aliphatic rings. The highest BCUT2D eigenvalue weighted by Crippen LogP contribution is 2.63. The highest BCUT2D eigenvalue weighted by Gasteiger charge is 2.42. The second-order valence-corrected chi connectivity index (χ2v) is 14.6. The van der Waals surface area contributed by atoms with Crippen LogP contribution in [0.5, 0.6) is 0 Å². The van der Waals surface area contributed by atoms with Crippen LogP contribution in [-0.2, 0) is 12.8 Å². The SMILES string of the molecule is C1=Cc2c(cccc2C2=C(c3cccc4c3C=CC4)C(c3ccccc3)=C3C2=C(c2ccccc2)c2cc(-c4ccccc4)c(-c4ccccc4)cc23)C1. The van der Waals surface area contributed by atoms with Crippen LogP contribution in [0.2, 0.25) is 0 Å². The number of rotatable bonds is 6. The van der Waals surface area contributed by atoms with Crippen LogP contribution >= 0.6 is 0 Å². The monoisotopic (exact) mass is 684 g/mol. The molecule has 0 saturated carbocycles. The topological polar surface area (TPSA) is 0 Å². The van der Waals surface area contributed by atoms with E-state index < -0.39 is 0 Å². The standard InChI is InChI=1S/C54H36/c1-5-17-37(18-6-1)45-33-47-48(34-46(45)38-19-7-2-8-20-38)53-50(40-23-11-4-12-24-40)51(43-31-15-27-35-25-13-29-41(35)43)52(44-32-16-28-36-26-14-30-42(36)44)54(53)49(47)39-21-9-3-10-22-39/h1-24,27-34H,25-26H2. The Kier molecular flexibility index (Phi) is 7.10. The highest BCUT2D eigenvalue weighted by molar-refractivity contribution is 6.40. The molecule has 7 aromatic carbocycles. The fraction of sp³-hybridized carbons (Fsp3) is 0.0370. The van der Waals surface area contributed by atoms with E-state index in [4.69, 9.17) is 0 Å². The fourth-order valence-corrected chi connectivity index (χ4v) is 9.36. The van der Waals surface area contributed by atoms with Gasteiger partial charge in [0.05, 0.1) is 0 Å². The summed E-state index contributed by atoms with van der Waals surface area (Å²) in [6, 6.07) is 63.0. The Morgan fingerprint density at radius 3 is 1.13 bits per heavy atom. The first kappa shape index (κ1) is 30.8. The molecule has 0 N–H and O–H groups in total. The molecule has 0 saturated heterocycles. The van der Waals surface area contributed by atoms with Gasteiger partial charge in [-0.2, -0.15) is 0 Å². The van der Waals surface area contributed by atoms with Crippen molar-refractivity contribution in [2.75, 3.05) is 0 Å². The summed E-state index contributed by atoms with van der Waals surface area (Å²) >= 11 is 0. The van der Waals surface area contributed by atoms with Crippen molar-refractivity contribution < 1.29 is 0 Å². The summed E-state index contributed by atoms with van der Waals surface area (Å²) in [5, 5.41) is 0. The van der Waals surface area contributed by atoms with Crippen LogP contribution in [0.4, 0.5) is 0 Å². The van der Waals surface area contributed by atoms with Crippen LogP contribution in [-0.4, -0.2) is 0 Å². The van der Waals surface area contributed by atoms with E-state index in [1.165, 1.54) is 111 Å². The minimum absolute atomic E-state index is 0.965. The van der Waals surface area contributed by atoms with E-state index in [9.17, 15) is 0 Å². The van der Waals surface area contributed by atoms with Crippen LogP contribution in [0, 0.1) is 0 Å². The minimum Gasteiger partial charge on any atom is -0.0795 e. The van der Waals surface area contributed by atoms with Gasteiger partial charge in [0.15, 0.2) is 0 Å². The molecule has 0 aliphatic heterocycles. The molecule has 0 radical (unpaired) electrons. The van der Waals surface area contributed by atoms with E-state index in [-0.39, 0.29) is 0 Å². The molecular formula is C54H36. The van der Waals surface area contributed by atoms with Crippen molar-refractivity contribution in [3.8, 4) is 22.3 Å². The van der Waals surface area contributed by atoms with Crippen molar-refractivity contribution in [3.63, 3.8) is 0 Å². The summed E-state index contributed by atoms with van der Waals surface area (Å²) in [6.45, 7) is 0. The van der Waals surface area contributed by atoms with Crippen molar-refractivity contribution in [1.82, 2.24) is 0 Å². The second-order valence-electron chi connectivity index (χ2n) is 14.6. The highest BCUT2D eigenvalue weighted by atomic mass is 14.4. The van der Waals surface area contributed by atoms with Crippen molar-refractivity contribution in [2.24, 2.45) is 0 Å². The van der Waals surface area contributed by atoms with Gasteiger partial charge in [0, 0.05) is 0 Å². The average Bonchev–Trinajstić information content (AvgIpc) is 4.05. The lowest BCUT2D eigenvalue weighted by atomic mass is 9.82. The van der Waals surface area contributed by atoms with Crippen molar-refractivity contribution in [2.45, 2.75) is 12.8 Å². The van der Waals surface area contributed by atoms with Crippen LogP contribution in [0.25, 0.3) is 62.3 Å². The first-order valence-corrected chi connectivity index (χ1v) is 19.1. The average molecular weight is 685 g/mol. The van der Waals surface area contributed by atoms with Gasteiger partial charge in [-0.1, -0.05) is 182 Å². The van der Waals surface area contributed by atoms with Gasteiger partial charge in [0.1, 0.15) is 0 Å². The first-order chi connectivity index (χ1) is 26.8. The van der Waals surface area contributed by atoms with E-state index in [2.05, 4.69) is 194 Å². The normalized spacial score (nSPS) is 14.9. The molecule has 0 amide bonds. The van der Waals surface area contributed by atoms with Crippen LogP contribution in [0.15, 0.2) is 188 Å². The van der Waals surface area contributed by atoms with E-state index in [0.717, 1.165) is 12.8 Å². The zero-order chi connectivity index (χ0) is 35.6. The maximum absolute atomic E-state index is 2.51. The Labute approximate surface area is 317 Å². The van der Waals surface area contributed by atoms with Crippen molar-refractivity contribution >= 4 is 40.0 Å². The summed E-state index contributed by atoms with van der Waals surface area (Å²) < 4.78 is 0. The summed E-state index contributed by atoms with van der Waals surface area (Å²) in [4.78, 5) is 0. The zero-order valence-corrected chi connectivity index (χ0v) is 29.9.